The highest BCUT2D eigenvalue weighted by Gasteiger charge is 2.24. The molecule has 0 aromatic heterocycles. The van der Waals surface area contributed by atoms with Gasteiger partial charge in [-0.2, -0.15) is 0 Å². The van der Waals surface area contributed by atoms with Gasteiger partial charge in [0.15, 0.2) is 30.8 Å². The van der Waals surface area contributed by atoms with E-state index in [1.807, 2.05) is 60.7 Å². The van der Waals surface area contributed by atoms with Crippen LogP contribution in [-0.4, -0.2) is 56.3 Å². The van der Waals surface area contributed by atoms with Gasteiger partial charge < -0.3 is 23.8 Å². The van der Waals surface area contributed by atoms with Crippen molar-refractivity contribution in [2.24, 2.45) is 0 Å². The van der Waals surface area contributed by atoms with Crippen molar-refractivity contribution in [1.82, 2.24) is 4.90 Å². The van der Waals surface area contributed by atoms with Gasteiger partial charge >= 0.3 is 5.97 Å². The van der Waals surface area contributed by atoms with E-state index in [-0.39, 0.29) is 25.2 Å². The highest BCUT2D eigenvalue weighted by molar-refractivity contribution is 5.84. The third-order valence-electron chi connectivity index (χ3n) is 4.91. The second kappa shape index (κ2) is 9.38. The Labute approximate surface area is 180 Å². The van der Waals surface area contributed by atoms with Crippen molar-refractivity contribution in [1.29, 1.82) is 0 Å². The van der Waals surface area contributed by atoms with Crippen molar-refractivity contribution in [3.63, 3.8) is 0 Å². The van der Waals surface area contributed by atoms with Crippen LogP contribution in [0.5, 0.6) is 17.2 Å². The third kappa shape index (κ3) is 5.25. The fraction of sp³-hybridized carbons (Fsp3) is 0.250. The van der Waals surface area contributed by atoms with E-state index in [0.717, 1.165) is 10.8 Å². The minimum atomic E-state index is -0.610. The van der Waals surface area contributed by atoms with Gasteiger partial charge in [0.05, 0.1) is 6.54 Å². The molecule has 0 fully saturated rings. The summed E-state index contributed by atoms with van der Waals surface area (Å²) in [5.74, 6) is 0.960. The number of amides is 1. The summed E-state index contributed by atoms with van der Waals surface area (Å²) in [5.41, 5.74) is 0. The van der Waals surface area contributed by atoms with Crippen LogP contribution < -0.4 is 14.2 Å². The minimum absolute atomic E-state index is 0.272. The van der Waals surface area contributed by atoms with Crippen LogP contribution in [0.4, 0.5) is 0 Å². The SMILES string of the molecule is CN(C[C@@H]1COc2ccccc2O1)C(=O)COC(=O)COc1ccc2ccccc2c1. The highest BCUT2D eigenvalue weighted by Crippen LogP contribution is 2.30. The molecule has 1 aliphatic heterocycles. The lowest BCUT2D eigenvalue weighted by molar-refractivity contribution is -0.153. The Balaban J connectivity index is 1.20. The summed E-state index contributed by atoms with van der Waals surface area (Å²) >= 11 is 0. The number of carbonyl (C=O) groups is 2. The minimum Gasteiger partial charge on any atom is -0.486 e. The summed E-state index contributed by atoms with van der Waals surface area (Å²) in [5, 5.41) is 2.10. The predicted molar refractivity (Wildman–Crippen MR) is 114 cm³/mol. The second-order valence-corrected chi connectivity index (χ2v) is 7.23. The Morgan fingerprint density at radius 3 is 2.55 bits per heavy atom. The van der Waals surface area contributed by atoms with Crippen LogP contribution in [-0.2, 0) is 14.3 Å². The molecule has 31 heavy (non-hydrogen) atoms. The molecule has 0 N–H and O–H groups in total. The van der Waals surface area contributed by atoms with Crippen molar-refractivity contribution in [2.75, 3.05) is 33.4 Å². The van der Waals surface area contributed by atoms with Crippen LogP contribution >= 0.6 is 0 Å². The molecule has 3 aromatic rings. The van der Waals surface area contributed by atoms with Crippen molar-refractivity contribution < 1.29 is 28.5 Å². The Morgan fingerprint density at radius 2 is 1.71 bits per heavy atom. The van der Waals surface area contributed by atoms with E-state index in [1.165, 1.54) is 4.90 Å². The molecule has 0 spiro atoms. The zero-order valence-corrected chi connectivity index (χ0v) is 17.2. The molecule has 0 unspecified atom stereocenters. The standard InChI is InChI=1S/C24H23NO6/c1-25(13-20-14-29-21-8-4-5-9-22(21)31-20)23(26)15-30-24(27)16-28-19-11-10-17-6-2-3-7-18(17)12-19/h2-12,20H,13-16H2,1H3/t20-/m1/s1. The molecule has 1 amide bonds. The van der Waals surface area contributed by atoms with E-state index in [9.17, 15) is 9.59 Å². The number of hydrogen-bond donors (Lipinski definition) is 0. The number of nitrogens with zero attached hydrogens (tertiary/aromatic N) is 1. The number of likely N-dealkylation sites (N-methyl/N-ethyl adjacent to an activating group) is 1. The summed E-state index contributed by atoms with van der Waals surface area (Å²) in [6.07, 6.45) is -0.296. The summed E-state index contributed by atoms with van der Waals surface area (Å²) in [6.45, 7) is 0.0264. The van der Waals surface area contributed by atoms with Crippen molar-refractivity contribution in [3.05, 3.63) is 66.7 Å². The van der Waals surface area contributed by atoms with Gasteiger partial charge in [0.1, 0.15) is 12.4 Å². The molecule has 160 valence electrons. The van der Waals surface area contributed by atoms with E-state index >= 15 is 0 Å². The van der Waals surface area contributed by atoms with Crippen LogP contribution in [0, 0.1) is 0 Å². The van der Waals surface area contributed by atoms with Crippen molar-refractivity contribution in [2.45, 2.75) is 6.10 Å². The molecule has 7 nitrogen and oxygen atoms in total. The van der Waals surface area contributed by atoms with Gasteiger partial charge in [0, 0.05) is 7.05 Å². The van der Waals surface area contributed by atoms with Gasteiger partial charge in [-0.25, -0.2) is 4.79 Å². The maximum absolute atomic E-state index is 12.3. The second-order valence-electron chi connectivity index (χ2n) is 7.23. The number of fused-ring (bicyclic) bond motifs is 2. The Hall–Kier alpha value is -3.74. The Morgan fingerprint density at radius 1 is 0.968 bits per heavy atom. The maximum Gasteiger partial charge on any atom is 0.344 e. The molecule has 1 atom stereocenters. The summed E-state index contributed by atoms with van der Waals surface area (Å²) in [7, 11) is 1.63. The molecule has 0 saturated heterocycles. The van der Waals surface area contributed by atoms with E-state index in [0.29, 0.717) is 30.4 Å². The smallest absolute Gasteiger partial charge is 0.344 e. The van der Waals surface area contributed by atoms with E-state index in [2.05, 4.69) is 0 Å². The molecule has 4 rings (SSSR count). The molecule has 1 aliphatic rings. The Bertz CT molecular complexity index is 1080. The number of esters is 1. The van der Waals surface area contributed by atoms with Crippen LogP contribution in [0.25, 0.3) is 10.8 Å². The first-order chi connectivity index (χ1) is 15.1. The Kier molecular flexibility index (Phi) is 6.21. The predicted octanol–water partition coefficient (Wildman–Crippen LogP) is 3.06. The molecule has 3 aromatic carbocycles. The summed E-state index contributed by atoms with van der Waals surface area (Å²) < 4.78 is 22.0. The first-order valence-corrected chi connectivity index (χ1v) is 9.98. The molecule has 0 radical (unpaired) electrons. The number of hydrogen-bond acceptors (Lipinski definition) is 6. The lowest BCUT2D eigenvalue weighted by atomic mass is 10.1. The maximum atomic E-state index is 12.3. The topological polar surface area (TPSA) is 74.3 Å². The van der Waals surface area contributed by atoms with E-state index < -0.39 is 5.97 Å². The first-order valence-electron chi connectivity index (χ1n) is 9.98. The van der Waals surface area contributed by atoms with Gasteiger partial charge in [0.25, 0.3) is 5.91 Å². The molecule has 0 bridgehead atoms. The van der Waals surface area contributed by atoms with Gasteiger partial charge in [-0.1, -0.05) is 42.5 Å². The zero-order valence-electron chi connectivity index (χ0n) is 17.2. The van der Waals surface area contributed by atoms with Crippen LogP contribution in [0.15, 0.2) is 66.7 Å². The summed E-state index contributed by atoms with van der Waals surface area (Å²) in [4.78, 5) is 25.7. The van der Waals surface area contributed by atoms with Crippen LogP contribution in [0.1, 0.15) is 0 Å². The lowest BCUT2D eigenvalue weighted by Crippen LogP contribution is -2.43. The third-order valence-corrected chi connectivity index (χ3v) is 4.91. The molecule has 0 aliphatic carbocycles. The van der Waals surface area contributed by atoms with Gasteiger partial charge in [-0.3, -0.25) is 4.79 Å². The van der Waals surface area contributed by atoms with Gasteiger partial charge in [-0.05, 0) is 35.0 Å². The van der Waals surface area contributed by atoms with E-state index in [1.54, 1.807) is 13.1 Å². The number of benzene rings is 3. The number of carbonyl (C=O) groups excluding carboxylic acids is 2. The van der Waals surface area contributed by atoms with E-state index in [4.69, 9.17) is 18.9 Å². The highest BCUT2D eigenvalue weighted by atomic mass is 16.6. The average Bonchev–Trinajstić information content (AvgIpc) is 2.81. The monoisotopic (exact) mass is 421 g/mol. The zero-order chi connectivity index (χ0) is 21.6. The van der Waals surface area contributed by atoms with Crippen LogP contribution in [0.3, 0.4) is 0 Å². The number of para-hydroxylation sites is 2. The molecule has 1 heterocycles. The first kappa shape index (κ1) is 20.5. The quantitative estimate of drug-likeness (QED) is 0.546. The largest absolute Gasteiger partial charge is 0.486 e. The molecular weight excluding hydrogens is 398 g/mol. The normalized spacial score (nSPS) is 14.7. The fourth-order valence-corrected chi connectivity index (χ4v) is 3.25. The summed E-state index contributed by atoms with van der Waals surface area (Å²) in [6, 6.07) is 20.8. The fourth-order valence-electron chi connectivity index (χ4n) is 3.25. The van der Waals surface area contributed by atoms with Gasteiger partial charge in [0.2, 0.25) is 0 Å². The van der Waals surface area contributed by atoms with Crippen molar-refractivity contribution >= 4 is 22.6 Å². The van der Waals surface area contributed by atoms with Crippen LogP contribution in [0.2, 0.25) is 0 Å². The lowest BCUT2D eigenvalue weighted by Gasteiger charge is -2.29. The molecular formula is C24H23NO6. The van der Waals surface area contributed by atoms with Crippen molar-refractivity contribution in [3.8, 4) is 17.2 Å². The van der Waals surface area contributed by atoms with Gasteiger partial charge in [-0.15, -0.1) is 0 Å². The number of rotatable bonds is 7. The average molecular weight is 421 g/mol. The molecule has 7 heteroatoms. The number of ether oxygens (including phenoxy) is 4. The molecule has 0 saturated carbocycles.